The van der Waals surface area contributed by atoms with Crippen molar-refractivity contribution in [3.05, 3.63) is 54.0 Å². The van der Waals surface area contributed by atoms with Gasteiger partial charge in [-0.15, -0.1) is 0 Å². The van der Waals surface area contributed by atoms with Gasteiger partial charge in [0, 0.05) is 11.0 Å². The molecular weight excluding hydrogens is 288 g/mol. The van der Waals surface area contributed by atoms with E-state index in [9.17, 15) is 9.90 Å². The van der Waals surface area contributed by atoms with Crippen molar-refractivity contribution in [2.45, 2.75) is 33.6 Å². The molecule has 1 aromatic rings. The van der Waals surface area contributed by atoms with E-state index >= 15 is 0 Å². The minimum absolute atomic E-state index is 0.106. The van der Waals surface area contributed by atoms with E-state index in [0.717, 1.165) is 18.6 Å². The number of aliphatic carboxylic acids is 1. The highest BCUT2D eigenvalue weighted by atomic mass is 16.4. The summed E-state index contributed by atoms with van der Waals surface area (Å²) in [6.07, 6.45) is 13.7. The average Bonchev–Trinajstić information content (AvgIpc) is 3.02. The molecule has 23 heavy (non-hydrogen) atoms. The summed E-state index contributed by atoms with van der Waals surface area (Å²) in [6.45, 7) is 6.61. The summed E-state index contributed by atoms with van der Waals surface area (Å²) in [7, 11) is 0. The maximum Gasteiger partial charge on any atom is 0.332 e. The van der Waals surface area contributed by atoms with Gasteiger partial charge in [-0.3, -0.25) is 0 Å². The van der Waals surface area contributed by atoms with Crippen LogP contribution in [0.4, 0.5) is 0 Å². The fourth-order valence-electron chi connectivity index (χ4n) is 4.38. The zero-order valence-electron chi connectivity index (χ0n) is 14.0. The van der Waals surface area contributed by atoms with Crippen molar-refractivity contribution in [3.63, 3.8) is 0 Å². The topological polar surface area (TPSA) is 50.4 Å². The highest BCUT2D eigenvalue weighted by Crippen LogP contribution is 2.59. The van der Waals surface area contributed by atoms with Crippen LogP contribution in [0.2, 0.25) is 0 Å². The molecule has 2 aliphatic carbocycles. The molecule has 0 radical (unpaired) electrons. The zero-order valence-corrected chi connectivity index (χ0v) is 14.0. The molecule has 4 atom stereocenters. The second-order valence-electron chi connectivity index (χ2n) is 7.32. The van der Waals surface area contributed by atoms with Crippen molar-refractivity contribution in [2.24, 2.45) is 22.7 Å². The second-order valence-corrected chi connectivity index (χ2v) is 7.32. The quantitative estimate of drug-likeness (QED) is 0.860. The van der Waals surface area contributed by atoms with Gasteiger partial charge in [-0.05, 0) is 48.3 Å². The molecule has 0 bridgehead atoms. The van der Waals surface area contributed by atoms with Gasteiger partial charge in [0.15, 0.2) is 0 Å². The Morgan fingerprint density at radius 2 is 2.22 bits per heavy atom. The molecule has 1 N–H and O–H groups in total. The van der Waals surface area contributed by atoms with Crippen LogP contribution in [0.25, 0.3) is 6.08 Å². The number of allylic oxidation sites excluding steroid dienone is 4. The summed E-state index contributed by atoms with van der Waals surface area (Å²) in [5.41, 5.74) is 0.107. The highest BCUT2D eigenvalue weighted by molar-refractivity contribution is 5.89. The van der Waals surface area contributed by atoms with E-state index in [1.807, 2.05) is 24.3 Å². The minimum Gasteiger partial charge on any atom is -0.478 e. The summed E-state index contributed by atoms with van der Waals surface area (Å²) in [4.78, 5) is 11.7. The molecular formula is C20H24O3. The lowest BCUT2D eigenvalue weighted by Crippen LogP contribution is -2.48. The average molecular weight is 312 g/mol. The minimum atomic E-state index is -0.797. The Bertz CT molecular complexity index is 680. The van der Waals surface area contributed by atoms with Crippen molar-refractivity contribution in [2.75, 3.05) is 0 Å². The lowest BCUT2D eigenvalue weighted by atomic mass is 9.49. The number of hydrogen-bond acceptors (Lipinski definition) is 2. The SMILES string of the molecule is CC1CCC2(C)C(C(=O)O)=CC=CC2C1(C)C=Cc1ccco1. The van der Waals surface area contributed by atoms with Crippen LogP contribution in [0.3, 0.4) is 0 Å². The van der Waals surface area contributed by atoms with E-state index in [4.69, 9.17) is 4.42 Å². The predicted molar refractivity (Wildman–Crippen MR) is 90.7 cm³/mol. The summed E-state index contributed by atoms with van der Waals surface area (Å²) >= 11 is 0. The van der Waals surface area contributed by atoms with Gasteiger partial charge in [0.25, 0.3) is 0 Å². The number of hydrogen-bond donors (Lipinski definition) is 1. The van der Waals surface area contributed by atoms with E-state index in [-0.39, 0.29) is 16.7 Å². The zero-order chi connectivity index (χ0) is 16.7. The normalized spacial score (nSPS) is 36.7. The number of carboxylic acids is 1. The molecule has 1 aromatic heterocycles. The molecule has 1 heterocycles. The number of carboxylic acid groups (broad SMARTS) is 1. The monoisotopic (exact) mass is 312 g/mol. The van der Waals surface area contributed by atoms with E-state index in [2.05, 4.69) is 32.9 Å². The Hall–Kier alpha value is -2.03. The van der Waals surface area contributed by atoms with Gasteiger partial charge in [0.2, 0.25) is 0 Å². The van der Waals surface area contributed by atoms with Crippen LogP contribution in [-0.2, 0) is 4.79 Å². The van der Waals surface area contributed by atoms with Crippen LogP contribution in [-0.4, -0.2) is 11.1 Å². The van der Waals surface area contributed by atoms with Gasteiger partial charge in [-0.2, -0.15) is 0 Å². The van der Waals surface area contributed by atoms with Crippen LogP contribution in [0.1, 0.15) is 39.4 Å². The number of carbonyl (C=O) groups is 1. The summed E-state index contributed by atoms with van der Waals surface area (Å²) in [5.74, 6) is 0.680. The second kappa shape index (κ2) is 5.55. The number of rotatable bonds is 3. The molecule has 0 saturated heterocycles. The third-order valence-corrected chi connectivity index (χ3v) is 6.08. The van der Waals surface area contributed by atoms with Gasteiger partial charge in [-0.25, -0.2) is 4.79 Å². The largest absolute Gasteiger partial charge is 0.478 e. The smallest absolute Gasteiger partial charge is 0.332 e. The molecule has 4 unspecified atom stereocenters. The van der Waals surface area contributed by atoms with Gasteiger partial charge in [0.1, 0.15) is 5.76 Å². The first-order chi connectivity index (χ1) is 10.9. The van der Waals surface area contributed by atoms with Crippen molar-refractivity contribution >= 4 is 12.0 Å². The van der Waals surface area contributed by atoms with Crippen LogP contribution < -0.4 is 0 Å². The molecule has 122 valence electrons. The number of fused-ring (bicyclic) bond motifs is 1. The van der Waals surface area contributed by atoms with Gasteiger partial charge < -0.3 is 9.52 Å². The Kier molecular flexibility index (Phi) is 3.83. The van der Waals surface area contributed by atoms with Gasteiger partial charge in [-0.1, -0.05) is 45.1 Å². The Morgan fingerprint density at radius 3 is 2.87 bits per heavy atom. The first-order valence-corrected chi connectivity index (χ1v) is 8.23. The molecule has 0 aromatic carbocycles. The lowest BCUT2D eigenvalue weighted by molar-refractivity contribution is -0.135. The molecule has 3 nitrogen and oxygen atoms in total. The molecule has 1 fully saturated rings. The van der Waals surface area contributed by atoms with Crippen LogP contribution >= 0.6 is 0 Å². The first-order valence-electron chi connectivity index (χ1n) is 8.23. The van der Waals surface area contributed by atoms with Gasteiger partial charge >= 0.3 is 5.97 Å². The highest BCUT2D eigenvalue weighted by Gasteiger charge is 2.53. The third-order valence-electron chi connectivity index (χ3n) is 6.08. The van der Waals surface area contributed by atoms with Crippen molar-refractivity contribution < 1.29 is 14.3 Å². The fourth-order valence-corrected chi connectivity index (χ4v) is 4.38. The third kappa shape index (κ3) is 2.48. The number of furan rings is 1. The van der Waals surface area contributed by atoms with Gasteiger partial charge in [0.05, 0.1) is 6.26 Å². The van der Waals surface area contributed by atoms with Crippen LogP contribution in [0, 0.1) is 22.7 Å². The molecule has 0 amide bonds. The lowest BCUT2D eigenvalue weighted by Gasteiger charge is -2.54. The van der Waals surface area contributed by atoms with Crippen LogP contribution in [0.15, 0.2) is 52.7 Å². The Morgan fingerprint density at radius 1 is 1.43 bits per heavy atom. The van der Waals surface area contributed by atoms with E-state index in [1.165, 1.54) is 0 Å². The maximum atomic E-state index is 11.7. The standard InChI is InChI=1S/C20H24O3/c1-14-9-11-20(3)16(18(21)22)7-4-8-17(20)19(14,2)12-10-15-6-5-13-23-15/h4-8,10,12-14,17H,9,11H2,1-3H3,(H,21,22). The summed E-state index contributed by atoms with van der Waals surface area (Å²) in [5, 5.41) is 9.62. The van der Waals surface area contributed by atoms with Crippen LogP contribution in [0.5, 0.6) is 0 Å². The van der Waals surface area contributed by atoms with E-state index in [1.54, 1.807) is 12.3 Å². The molecule has 3 heteroatoms. The summed E-state index contributed by atoms with van der Waals surface area (Å²) in [6, 6.07) is 3.81. The van der Waals surface area contributed by atoms with E-state index in [0.29, 0.717) is 11.5 Å². The first kappa shape index (κ1) is 15.9. The summed E-state index contributed by atoms with van der Waals surface area (Å²) < 4.78 is 5.42. The molecule has 3 rings (SSSR count). The van der Waals surface area contributed by atoms with Crippen molar-refractivity contribution in [1.29, 1.82) is 0 Å². The maximum absolute atomic E-state index is 11.7. The Labute approximate surface area is 137 Å². The molecule has 2 aliphatic rings. The van der Waals surface area contributed by atoms with E-state index < -0.39 is 5.97 Å². The van der Waals surface area contributed by atoms with Crippen molar-refractivity contribution in [1.82, 2.24) is 0 Å². The molecule has 0 aliphatic heterocycles. The molecule has 0 spiro atoms. The predicted octanol–water partition coefficient (Wildman–Crippen LogP) is 4.93. The Balaban J connectivity index is 2.01. The van der Waals surface area contributed by atoms with Crippen molar-refractivity contribution in [3.8, 4) is 0 Å². The molecule has 1 saturated carbocycles. The fraction of sp³-hybridized carbons (Fsp3) is 0.450.